The number of furan rings is 1. The van der Waals surface area contributed by atoms with Crippen LogP contribution in [0.1, 0.15) is 22.3 Å². The summed E-state index contributed by atoms with van der Waals surface area (Å²) < 4.78 is 6.57. The second-order valence-electron chi connectivity index (χ2n) is 17.8. The lowest BCUT2D eigenvalue weighted by Crippen LogP contribution is -2.25. The molecule has 0 saturated carbocycles. The van der Waals surface area contributed by atoms with Gasteiger partial charge in [-0.05, 0) is 152 Å². The molecule has 0 atom stereocenters. The van der Waals surface area contributed by atoms with Gasteiger partial charge in [-0.15, -0.1) is 0 Å². The molecule has 2 aliphatic rings. The summed E-state index contributed by atoms with van der Waals surface area (Å²) in [5, 5.41) is 14.7. The highest BCUT2D eigenvalue weighted by Gasteiger charge is 2.52. The van der Waals surface area contributed by atoms with E-state index in [0.717, 1.165) is 27.3 Å². The van der Waals surface area contributed by atoms with Crippen LogP contribution < -0.4 is 0 Å². The number of benzene rings is 12. The van der Waals surface area contributed by atoms with Gasteiger partial charge in [0.2, 0.25) is 0 Å². The van der Waals surface area contributed by atoms with E-state index in [-0.39, 0.29) is 0 Å². The zero-order valence-electron chi connectivity index (χ0n) is 34.7. The van der Waals surface area contributed by atoms with Gasteiger partial charge in [-0.25, -0.2) is 0 Å². The van der Waals surface area contributed by atoms with Crippen molar-refractivity contribution in [1.82, 2.24) is 0 Å². The van der Waals surface area contributed by atoms with Crippen LogP contribution in [0, 0.1) is 0 Å². The van der Waals surface area contributed by atoms with Gasteiger partial charge in [0.1, 0.15) is 11.2 Å². The molecule has 0 unspecified atom stereocenters. The van der Waals surface area contributed by atoms with Gasteiger partial charge in [-0.1, -0.05) is 182 Å². The average molecular weight is 809 g/mol. The average Bonchev–Trinajstić information content (AvgIpc) is 3.98. The van der Waals surface area contributed by atoms with Crippen molar-refractivity contribution >= 4 is 75.8 Å². The monoisotopic (exact) mass is 808 g/mol. The highest BCUT2D eigenvalue weighted by Crippen LogP contribution is 2.64. The molecule has 1 nitrogen and oxygen atoms in total. The number of rotatable bonds is 2. The van der Waals surface area contributed by atoms with Crippen molar-refractivity contribution in [2.75, 3.05) is 0 Å². The largest absolute Gasteiger partial charge is 0.455 e. The van der Waals surface area contributed by atoms with Crippen LogP contribution in [0.15, 0.2) is 223 Å². The standard InChI is InChI=1S/C63H36O/c1-3-15-43-37(13-1)28-31-56-61(43)53-34-39-25-26-40(33-42(39)36-57(53)63(56)54-23-11-9-17-45(54)46-18-10-12-24-55(46)63)59-47-19-5-7-21-49(47)60(50-22-8-6-20-48(50)59)41-29-32-58-52(35-41)51-30-27-38-14-2-4-16-44(38)62(51)64-58/h1-36H. The SMILES string of the molecule is c1ccc2c(c1)-c1ccccc1C21c2cc3cc(-c4c5ccccc5c(-c5ccc6oc7c8ccccc8ccc7c6c5)c5ccccc45)ccc3cc2-c2c1ccc1ccccc21. The van der Waals surface area contributed by atoms with Gasteiger partial charge in [0, 0.05) is 16.2 Å². The molecule has 1 aromatic heterocycles. The van der Waals surface area contributed by atoms with Crippen LogP contribution in [-0.4, -0.2) is 0 Å². The van der Waals surface area contributed by atoms with Crippen LogP contribution in [0.2, 0.25) is 0 Å². The third kappa shape index (κ3) is 4.33. The molecule has 0 bridgehead atoms. The van der Waals surface area contributed by atoms with Gasteiger partial charge in [0.25, 0.3) is 0 Å². The molecule has 0 fully saturated rings. The molecule has 12 aromatic carbocycles. The normalized spacial score (nSPS) is 13.4. The van der Waals surface area contributed by atoms with Crippen molar-refractivity contribution < 1.29 is 4.42 Å². The Balaban J connectivity index is 0.980. The molecule has 0 radical (unpaired) electrons. The molecular formula is C63H36O. The Morgan fingerprint density at radius 2 is 0.797 bits per heavy atom. The van der Waals surface area contributed by atoms with Crippen molar-refractivity contribution in [1.29, 1.82) is 0 Å². The maximum Gasteiger partial charge on any atom is 0.143 e. The minimum atomic E-state index is -0.429. The lowest BCUT2D eigenvalue weighted by Gasteiger charge is -2.30. The summed E-state index contributed by atoms with van der Waals surface area (Å²) in [4.78, 5) is 0. The van der Waals surface area contributed by atoms with Crippen LogP contribution in [0.3, 0.4) is 0 Å². The third-order valence-corrected chi connectivity index (χ3v) is 14.8. The summed E-state index contributed by atoms with van der Waals surface area (Å²) in [6.45, 7) is 0. The fraction of sp³-hybridized carbons (Fsp3) is 0.0159. The topological polar surface area (TPSA) is 13.1 Å². The summed E-state index contributed by atoms with van der Waals surface area (Å²) in [6.07, 6.45) is 0. The Labute approximate surface area is 369 Å². The second kappa shape index (κ2) is 12.4. The van der Waals surface area contributed by atoms with Crippen molar-refractivity contribution in [3.05, 3.63) is 241 Å². The van der Waals surface area contributed by atoms with Gasteiger partial charge < -0.3 is 4.42 Å². The molecule has 0 N–H and O–H groups in total. The highest BCUT2D eigenvalue weighted by atomic mass is 16.3. The Bertz CT molecular complexity index is 4100. The molecular weight excluding hydrogens is 773 g/mol. The molecule has 2 aliphatic carbocycles. The number of hydrogen-bond acceptors (Lipinski definition) is 1. The molecule has 294 valence electrons. The van der Waals surface area contributed by atoms with E-state index in [1.807, 2.05) is 0 Å². The molecule has 1 heterocycles. The first-order valence-corrected chi connectivity index (χ1v) is 22.3. The smallest absolute Gasteiger partial charge is 0.143 e. The molecule has 0 amide bonds. The van der Waals surface area contributed by atoms with E-state index in [2.05, 4.69) is 218 Å². The lowest BCUT2D eigenvalue weighted by molar-refractivity contribution is 0.672. The first kappa shape index (κ1) is 34.3. The predicted octanol–water partition coefficient (Wildman–Crippen LogP) is 17.0. The van der Waals surface area contributed by atoms with Gasteiger partial charge in [0.15, 0.2) is 0 Å². The van der Waals surface area contributed by atoms with E-state index >= 15 is 0 Å². The quantitative estimate of drug-likeness (QED) is 0.159. The van der Waals surface area contributed by atoms with Crippen LogP contribution in [0.5, 0.6) is 0 Å². The van der Waals surface area contributed by atoms with E-state index in [1.54, 1.807) is 0 Å². The molecule has 0 aliphatic heterocycles. The summed E-state index contributed by atoms with van der Waals surface area (Å²) in [5.74, 6) is 0. The van der Waals surface area contributed by atoms with Crippen LogP contribution in [0.4, 0.5) is 0 Å². The molecule has 64 heavy (non-hydrogen) atoms. The van der Waals surface area contributed by atoms with Crippen molar-refractivity contribution in [3.8, 4) is 44.5 Å². The summed E-state index contributed by atoms with van der Waals surface area (Å²) in [5.41, 5.74) is 17.1. The maximum absolute atomic E-state index is 6.57. The van der Waals surface area contributed by atoms with Crippen LogP contribution >= 0.6 is 0 Å². The molecule has 15 rings (SSSR count). The van der Waals surface area contributed by atoms with E-state index in [4.69, 9.17) is 4.42 Å². The summed E-state index contributed by atoms with van der Waals surface area (Å²) in [6, 6.07) is 81.7. The highest BCUT2D eigenvalue weighted by molar-refractivity contribution is 6.23. The Kier molecular flexibility index (Phi) is 6.67. The van der Waals surface area contributed by atoms with E-state index < -0.39 is 5.41 Å². The predicted molar refractivity (Wildman–Crippen MR) is 268 cm³/mol. The number of hydrogen-bond donors (Lipinski definition) is 0. The molecule has 13 aromatic rings. The van der Waals surface area contributed by atoms with Crippen molar-refractivity contribution in [2.24, 2.45) is 0 Å². The zero-order valence-corrected chi connectivity index (χ0v) is 34.7. The fourth-order valence-corrected chi connectivity index (χ4v) is 12.2. The van der Waals surface area contributed by atoms with Crippen molar-refractivity contribution in [2.45, 2.75) is 5.41 Å². The minimum absolute atomic E-state index is 0.429. The Morgan fingerprint density at radius 1 is 0.266 bits per heavy atom. The second-order valence-corrected chi connectivity index (χ2v) is 17.8. The third-order valence-electron chi connectivity index (χ3n) is 14.8. The van der Waals surface area contributed by atoms with Crippen LogP contribution in [0.25, 0.3) is 120 Å². The first-order valence-electron chi connectivity index (χ1n) is 22.3. The summed E-state index contributed by atoms with van der Waals surface area (Å²) in [7, 11) is 0. The van der Waals surface area contributed by atoms with E-state index in [1.165, 1.54) is 115 Å². The Morgan fingerprint density at radius 3 is 1.48 bits per heavy atom. The van der Waals surface area contributed by atoms with Gasteiger partial charge in [-0.2, -0.15) is 0 Å². The number of fused-ring (bicyclic) bond motifs is 20. The van der Waals surface area contributed by atoms with Gasteiger partial charge in [0.05, 0.1) is 5.41 Å². The molecule has 1 heteroatoms. The Hall–Kier alpha value is -8.26. The fourth-order valence-electron chi connectivity index (χ4n) is 12.2. The maximum atomic E-state index is 6.57. The lowest BCUT2D eigenvalue weighted by atomic mass is 9.70. The summed E-state index contributed by atoms with van der Waals surface area (Å²) >= 11 is 0. The first-order chi connectivity index (χ1) is 31.7. The van der Waals surface area contributed by atoms with E-state index in [9.17, 15) is 0 Å². The van der Waals surface area contributed by atoms with Crippen LogP contribution in [-0.2, 0) is 5.41 Å². The molecule has 0 saturated heterocycles. The minimum Gasteiger partial charge on any atom is -0.455 e. The van der Waals surface area contributed by atoms with Gasteiger partial charge >= 0.3 is 0 Å². The van der Waals surface area contributed by atoms with Gasteiger partial charge in [-0.3, -0.25) is 0 Å². The van der Waals surface area contributed by atoms with Crippen molar-refractivity contribution in [3.63, 3.8) is 0 Å². The van der Waals surface area contributed by atoms with E-state index in [0.29, 0.717) is 0 Å². The molecule has 1 spiro atoms. The zero-order chi connectivity index (χ0) is 41.7.